The van der Waals surface area contributed by atoms with Crippen molar-refractivity contribution in [1.82, 2.24) is 4.98 Å². The Morgan fingerprint density at radius 1 is 1.33 bits per heavy atom. The highest BCUT2D eigenvalue weighted by Crippen LogP contribution is 2.32. The van der Waals surface area contributed by atoms with Gasteiger partial charge in [0.15, 0.2) is 0 Å². The molecule has 0 fully saturated rings. The first-order valence-electron chi connectivity index (χ1n) is 5.87. The number of pyridine rings is 1. The van der Waals surface area contributed by atoms with E-state index in [1.54, 1.807) is 12.4 Å². The second-order valence-corrected chi connectivity index (χ2v) is 5.41. The first kappa shape index (κ1) is 11.7. The Balaban J connectivity index is 1.82. The summed E-state index contributed by atoms with van der Waals surface area (Å²) in [4.78, 5) is 4.09. The SMILES string of the molecule is OC(c1cncc(Br)c1)C1Cc2ccccc2N1. The third-order valence-corrected chi connectivity index (χ3v) is 3.68. The van der Waals surface area contributed by atoms with E-state index >= 15 is 0 Å². The number of halogens is 1. The van der Waals surface area contributed by atoms with Crippen LogP contribution < -0.4 is 5.32 Å². The number of aromatic nitrogens is 1. The fraction of sp³-hybridized carbons (Fsp3) is 0.214. The molecule has 3 rings (SSSR count). The van der Waals surface area contributed by atoms with E-state index in [2.05, 4.69) is 32.3 Å². The standard InChI is InChI=1S/C14H13BrN2O/c15-11-5-10(7-16-8-11)14(18)13-6-9-3-1-2-4-12(9)17-13/h1-5,7-8,13-14,17-18H,6H2. The van der Waals surface area contributed by atoms with Crippen LogP contribution in [0.4, 0.5) is 5.69 Å². The number of nitrogens with zero attached hydrogens (tertiary/aromatic N) is 1. The average molecular weight is 305 g/mol. The number of aliphatic hydroxyl groups is 1. The van der Waals surface area contributed by atoms with Crippen molar-refractivity contribution in [2.45, 2.75) is 18.6 Å². The summed E-state index contributed by atoms with van der Waals surface area (Å²) in [6.07, 6.45) is 3.71. The molecule has 0 saturated heterocycles. The van der Waals surface area contributed by atoms with Gasteiger partial charge in [-0.15, -0.1) is 0 Å². The molecular formula is C14H13BrN2O. The lowest BCUT2D eigenvalue weighted by Crippen LogP contribution is -2.24. The lowest BCUT2D eigenvalue weighted by atomic mass is 10.0. The molecule has 2 atom stereocenters. The number of aliphatic hydroxyl groups excluding tert-OH is 1. The predicted molar refractivity (Wildman–Crippen MR) is 74.5 cm³/mol. The number of nitrogens with one attached hydrogen (secondary N) is 1. The van der Waals surface area contributed by atoms with Crippen molar-refractivity contribution in [2.24, 2.45) is 0 Å². The van der Waals surface area contributed by atoms with Gasteiger partial charge in [0.05, 0.1) is 6.04 Å². The van der Waals surface area contributed by atoms with Crippen LogP contribution in [0.5, 0.6) is 0 Å². The number of rotatable bonds is 2. The number of benzene rings is 1. The van der Waals surface area contributed by atoms with E-state index in [4.69, 9.17) is 0 Å². The molecule has 1 aliphatic rings. The van der Waals surface area contributed by atoms with Crippen LogP contribution in [-0.2, 0) is 6.42 Å². The number of hydrogen-bond acceptors (Lipinski definition) is 3. The van der Waals surface area contributed by atoms with Crippen molar-refractivity contribution in [2.75, 3.05) is 5.32 Å². The maximum Gasteiger partial charge on any atom is 0.101 e. The molecule has 92 valence electrons. The fourth-order valence-electron chi connectivity index (χ4n) is 2.34. The normalized spacial score (nSPS) is 19.1. The van der Waals surface area contributed by atoms with Gasteiger partial charge in [0.2, 0.25) is 0 Å². The highest BCUT2D eigenvalue weighted by atomic mass is 79.9. The summed E-state index contributed by atoms with van der Waals surface area (Å²) in [6, 6.07) is 10.1. The molecule has 0 radical (unpaired) electrons. The summed E-state index contributed by atoms with van der Waals surface area (Å²) in [5, 5.41) is 13.8. The van der Waals surface area contributed by atoms with Gasteiger partial charge in [0, 0.05) is 28.1 Å². The van der Waals surface area contributed by atoms with Crippen LogP contribution in [0.15, 0.2) is 47.2 Å². The number of hydrogen-bond donors (Lipinski definition) is 2. The first-order valence-corrected chi connectivity index (χ1v) is 6.66. The Morgan fingerprint density at radius 3 is 2.94 bits per heavy atom. The molecule has 0 amide bonds. The van der Waals surface area contributed by atoms with E-state index in [1.807, 2.05) is 24.3 Å². The Morgan fingerprint density at radius 2 is 2.17 bits per heavy atom. The molecular weight excluding hydrogens is 292 g/mol. The molecule has 1 aromatic heterocycles. The van der Waals surface area contributed by atoms with Gasteiger partial charge < -0.3 is 10.4 Å². The monoisotopic (exact) mass is 304 g/mol. The maximum absolute atomic E-state index is 10.4. The summed E-state index contributed by atoms with van der Waals surface area (Å²) in [6.45, 7) is 0. The van der Waals surface area contributed by atoms with Crippen molar-refractivity contribution in [3.8, 4) is 0 Å². The number of fused-ring (bicyclic) bond motifs is 1. The van der Waals surface area contributed by atoms with Crippen LogP contribution >= 0.6 is 15.9 Å². The molecule has 1 aliphatic heterocycles. The minimum Gasteiger partial charge on any atom is -0.386 e. The van der Waals surface area contributed by atoms with Crippen LogP contribution in [0.1, 0.15) is 17.2 Å². The molecule has 2 heterocycles. The number of para-hydroxylation sites is 1. The Hall–Kier alpha value is -1.39. The van der Waals surface area contributed by atoms with Crippen molar-refractivity contribution in [3.63, 3.8) is 0 Å². The van der Waals surface area contributed by atoms with Gasteiger partial charge in [-0.1, -0.05) is 18.2 Å². The third-order valence-electron chi connectivity index (χ3n) is 3.25. The maximum atomic E-state index is 10.4. The predicted octanol–water partition coefficient (Wildman–Crippen LogP) is 2.91. The third kappa shape index (κ3) is 2.13. The van der Waals surface area contributed by atoms with Crippen LogP contribution in [0.25, 0.3) is 0 Å². The average Bonchev–Trinajstić information content (AvgIpc) is 2.81. The van der Waals surface area contributed by atoms with E-state index in [1.165, 1.54) is 5.56 Å². The minimum absolute atomic E-state index is 0.0125. The Bertz CT molecular complexity index is 548. The van der Waals surface area contributed by atoms with Crippen molar-refractivity contribution in [3.05, 3.63) is 58.3 Å². The molecule has 18 heavy (non-hydrogen) atoms. The van der Waals surface area contributed by atoms with Gasteiger partial charge in [-0.05, 0) is 40.0 Å². The molecule has 1 aromatic carbocycles. The largest absolute Gasteiger partial charge is 0.386 e. The highest BCUT2D eigenvalue weighted by molar-refractivity contribution is 9.10. The van der Waals surface area contributed by atoms with E-state index in [-0.39, 0.29) is 6.04 Å². The summed E-state index contributed by atoms with van der Waals surface area (Å²) >= 11 is 3.37. The van der Waals surface area contributed by atoms with Gasteiger partial charge in [0.25, 0.3) is 0 Å². The van der Waals surface area contributed by atoms with Crippen LogP contribution in [0, 0.1) is 0 Å². The summed E-state index contributed by atoms with van der Waals surface area (Å²) in [5.41, 5.74) is 3.20. The van der Waals surface area contributed by atoms with Crippen molar-refractivity contribution >= 4 is 21.6 Å². The molecule has 0 bridgehead atoms. The van der Waals surface area contributed by atoms with Gasteiger partial charge in [-0.25, -0.2) is 0 Å². The van der Waals surface area contributed by atoms with Gasteiger partial charge in [-0.3, -0.25) is 4.98 Å². The minimum atomic E-state index is -0.553. The highest BCUT2D eigenvalue weighted by Gasteiger charge is 2.27. The fourth-order valence-corrected chi connectivity index (χ4v) is 2.72. The van der Waals surface area contributed by atoms with E-state index < -0.39 is 6.10 Å². The zero-order valence-corrected chi connectivity index (χ0v) is 11.3. The zero-order valence-electron chi connectivity index (χ0n) is 9.68. The van der Waals surface area contributed by atoms with Crippen molar-refractivity contribution < 1.29 is 5.11 Å². The van der Waals surface area contributed by atoms with Gasteiger partial charge in [0.1, 0.15) is 6.10 Å². The molecule has 2 N–H and O–H groups in total. The smallest absolute Gasteiger partial charge is 0.101 e. The second-order valence-electron chi connectivity index (χ2n) is 4.49. The molecule has 2 aromatic rings. The summed E-state index contributed by atoms with van der Waals surface area (Å²) in [7, 11) is 0. The molecule has 0 aliphatic carbocycles. The molecule has 2 unspecified atom stereocenters. The van der Waals surface area contributed by atoms with E-state index in [9.17, 15) is 5.11 Å². The summed E-state index contributed by atoms with van der Waals surface area (Å²) in [5.74, 6) is 0. The van der Waals surface area contributed by atoms with Crippen LogP contribution in [-0.4, -0.2) is 16.1 Å². The van der Waals surface area contributed by atoms with Crippen molar-refractivity contribution in [1.29, 1.82) is 0 Å². The molecule has 4 heteroatoms. The molecule has 0 spiro atoms. The quantitative estimate of drug-likeness (QED) is 0.897. The summed E-state index contributed by atoms with van der Waals surface area (Å²) < 4.78 is 0.884. The van der Waals surface area contributed by atoms with E-state index in [0.717, 1.165) is 22.1 Å². The molecule has 3 nitrogen and oxygen atoms in total. The van der Waals surface area contributed by atoms with Gasteiger partial charge >= 0.3 is 0 Å². The Kier molecular flexibility index (Phi) is 3.06. The topological polar surface area (TPSA) is 45.2 Å². The molecule has 0 saturated carbocycles. The van der Waals surface area contributed by atoms with Crippen LogP contribution in [0.3, 0.4) is 0 Å². The van der Waals surface area contributed by atoms with E-state index in [0.29, 0.717) is 0 Å². The lowest BCUT2D eigenvalue weighted by Gasteiger charge is -2.19. The number of anilines is 1. The van der Waals surface area contributed by atoms with Crippen LogP contribution in [0.2, 0.25) is 0 Å². The Labute approximate surface area is 114 Å². The first-order chi connectivity index (χ1) is 8.74. The van der Waals surface area contributed by atoms with Gasteiger partial charge in [-0.2, -0.15) is 0 Å². The zero-order chi connectivity index (χ0) is 12.5. The second kappa shape index (κ2) is 4.71. The lowest BCUT2D eigenvalue weighted by molar-refractivity contribution is 0.156.